The quantitative estimate of drug-likeness (QED) is 0.931. The highest BCUT2D eigenvalue weighted by molar-refractivity contribution is 9.10. The van der Waals surface area contributed by atoms with Gasteiger partial charge in [0.25, 0.3) is 0 Å². The summed E-state index contributed by atoms with van der Waals surface area (Å²) in [5.74, 6) is 1.55. The third-order valence-electron chi connectivity index (χ3n) is 2.41. The molecule has 0 fully saturated rings. The Morgan fingerprint density at radius 3 is 2.94 bits per heavy atom. The van der Waals surface area contributed by atoms with Crippen molar-refractivity contribution >= 4 is 15.9 Å². The molecule has 6 heteroatoms. The summed E-state index contributed by atoms with van der Waals surface area (Å²) in [7, 11) is 1.88. The number of hydrogen-bond acceptors (Lipinski definition) is 4. The van der Waals surface area contributed by atoms with Crippen LogP contribution in [0.3, 0.4) is 0 Å². The number of benzene rings is 1. The number of nitrogens with zero attached hydrogens (tertiary/aromatic N) is 3. The summed E-state index contributed by atoms with van der Waals surface area (Å²) in [6.07, 6.45) is 1.64. The van der Waals surface area contributed by atoms with E-state index in [-0.39, 0.29) is 0 Å². The topological polar surface area (TPSA) is 66.0 Å². The number of halogens is 1. The van der Waals surface area contributed by atoms with E-state index in [0.717, 1.165) is 21.6 Å². The normalized spacial score (nSPS) is 10.5. The second-order valence-corrected chi connectivity index (χ2v) is 4.46. The van der Waals surface area contributed by atoms with Crippen molar-refractivity contribution in [3.05, 3.63) is 40.4 Å². The van der Waals surface area contributed by atoms with Gasteiger partial charge in [-0.25, -0.2) is 0 Å². The van der Waals surface area contributed by atoms with Gasteiger partial charge in [-0.1, -0.05) is 15.9 Å². The molecule has 0 aliphatic heterocycles. The first kappa shape index (κ1) is 12.1. The van der Waals surface area contributed by atoms with Gasteiger partial charge in [-0.05, 0) is 23.8 Å². The minimum Gasteiger partial charge on any atom is -0.486 e. The molecule has 0 unspecified atom stereocenters. The lowest BCUT2D eigenvalue weighted by Crippen LogP contribution is -2.04. The number of hydrogen-bond donors (Lipinski definition) is 1. The van der Waals surface area contributed by atoms with Crippen LogP contribution < -0.4 is 10.5 Å². The molecule has 0 saturated heterocycles. The Hall–Kier alpha value is -1.40. The highest BCUT2D eigenvalue weighted by Gasteiger charge is 2.04. The van der Waals surface area contributed by atoms with Crippen molar-refractivity contribution in [2.24, 2.45) is 12.8 Å². The van der Waals surface area contributed by atoms with Gasteiger partial charge in [-0.2, -0.15) is 0 Å². The lowest BCUT2D eigenvalue weighted by molar-refractivity contribution is 0.291. The zero-order valence-electron chi connectivity index (χ0n) is 9.43. The first-order valence-corrected chi connectivity index (χ1v) is 5.94. The van der Waals surface area contributed by atoms with Crippen molar-refractivity contribution in [1.29, 1.82) is 0 Å². The molecule has 17 heavy (non-hydrogen) atoms. The first-order chi connectivity index (χ1) is 8.20. The van der Waals surface area contributed by atoms with Crippen molar-refractivity contribution in [3.63, 3.8) is 0 Å². The van der Waals surface area contributed by atoms with Crippen molar-refractivity contribution in [1.82, 2.24) is 14.8 Å². The van der Waals surface area contributed by atoms with Crippen LogP contribution in [0.2, 0.25) is 0 Å². The molecule has 2 rings (SSSR count). The molecule has 1 heterocycles. The standard InChI is InChI=1S/C11H13BrN4O/c1-16-7-14-15-11(16)6-17-9-2-3-10(12)8(4-9)5-13/h2-4,7H,5-6,13H2,1H3. The van der Waals surface area contributed by atoms with Crippen LogP contribution in [0.1, 0.15) is 11.4 Å². The van der Waals surface area contributed by atoms with E-state index in [1.54, 1.807) is 6.33 Å². The number of nitrogens with two attached hydrogens (primary N) is 1. The Bertz CT molecular complexity index is 512. The van der Waals surface area contributed by atoms with Crippen molar-refractivity contribution in [2.45, 2.75) is 13.2 Å². The monoisotopic (exact) mass is 296 g/mol. The number of aryl methyl sites for hydroxylation is 1. The Labute approximate surface area is 108 Å². The molecule has 0 aliphatic carbocycles. The van der Waals surface area contributed by atoms with Gasteiger partial charge in [0, 0.05) is 18.1 Å². The van der Waals surface area contributed by atoms with Gasteiger partial charge in [-0.15, -0.1) is 10.2 Å². The number of aromatic nitrogens is 3. The fourth-order valence-electron chi connectivity index (χ4n) is 1.38. The van der Waals surface area contributed by atoms with Crippen LogP contribution in [0.15, 0.2) is 29.0 Å². The van der Waals surface area contributed by atoms with Crippen LogP contribution in [0.5, 0.6) is 5.75 Å². The zero-order valence-corrected chi connectivity index (χ0v) is 11.0. The summed E-state index contributed by atoms with van der Waals surface area (Å²) in [4.78, 5) is 0. The SMILES string of the molecule is Cn1cnnc1COc1ccc(Br)c(CN)c1. The van der Waals surface area contributed by atoms with E-state index >= 15 is 0 Å². The Morgan fingerprint density at radius 2 is 2.29 bits per heavy atom. The largest absolute Gasteiger partial charge is 0.486 e. The second-order valence-electron chi connectivity index (χ2n) is 3.60. The Morgan fingerprint density at radius 1 is 1.47 bits per heavy atom. The third-order valence-corrected chi connectivity index (χ3v) is 3.18. The predicted octanol–water partition coefficient (Wildman–Crippen LogP) is 1.62. The van der Waals surface area contributed by atoms with E-state index in [9.17, 15) is 0 Å². The van der Waals surface area contributed by atoms with Crippen LogP contribution >= 0.6 is 15.9 Å². The molecule has 0 atom stereocenters. The van der Waals surface area contributed by atoms with Crippen LogP contribution in [0.25, 0.3) is 0 Å². The van der Waals surface area contributed by atoms with E-state index in [0.29, 0.717) is 13.2 Å². The molecule has 1 aromatic heterocycles. The van der Waals surface area contributed by atoms with Gasteiger partial charge in [0.2, 0.25) is 0 Å². The number of ether oxygens (including phenoxy) is 1. The number of rotatable bonds is 4. The molecule has 0 spiro atoms. The van der Waals surface area contributed by atoms with E-state index in [1.165, 1.54) is 0 Å². The predicted molar refractivity (Wildman–Crippen MR) is 67.4 cm³/mol. The maximum Gasteiger partial charge on any atom is 0.170 e. The van der Waals surface area contributed by atoms with Gasteiger partial charge in [0.1, 0.15) is 18.7 Å². The molecule has 0 bridgehead atoms. The summed E-state index contributed by atoms with van der Waals surface area (Å²) in [6.45, 7) is 0.865. The van der Waals surface area contributed by atoms with Gasteiger partial charge >= 0.3 is 0 Å². The van der Waals surface area contributed by atoms with E-state index in [4.69, 9.17) is 10.5 Å². The fraction of sp³-hybridized carbons (Fsp3) is 0.273. The van der Waals surface area contributed by atoms with E-state index < -0.39 is 0 Å². The zero-order chi connectivity index (χ0) is 12.3. The van der Waals surface area contributed by atoms with Crippen LogP contribution in [0, 0.1) is 0 Å². The van der Waals surface area contributed by atoms with Gasteiger partial charge in [-0.3, -0.25) is 0 Å². The second kappa shape index (κ2) is 5.29. The molecular weight excluding hydrogens is 284 g/mol. The van der Waals surface area contributed by atoms with E-state index in [2.05, 4.69) is 26.1 Å². The molecule has 0 amide bonds. The van der Waals surface area contributed by atoms with Crippen LogP contribution in [0.4, 0.5) is 0 Å². The summed E-state index contributed by atoms with van der Waals surface area (Å²) in [5.41, 5.74) is 6.64. The average molecular weight is 297 g/mol. The molecule has 0 aliphatic rings. The van der Waals surface area contributed by atoms with Crippen LogP contribution in [-0.4, -0.2) is 14.8 Å². The maximum atomic E-state index is 5.63. The summed E-state index contributed by atoms with van der Waals surface area (Å²) >= 11 is 3.43. The maximum absolute atomic E-state index is 5.63. The minimum absolute atomic E-state index is 0.391. The van der Waals surface area contributed by atoms with Gasteiger partial charge < -0.3 is 15.0 Å². The highest BCUT2D eigenvalue weighted by Crippen LogP contribution is 2.22. The Balaban J connectivity index is 2.07. The molecule has 0 radical (unpaired) electrons. The molecule has 90 valence electrons. The average Bonchev–Trinajstić information content (AvgIpc) is 2.74. The van der Waals surface area contributed by atoms with Crippen molar-refractivity contribution in [2.75, 3.05) is 0 Å². The molecule has 1 aromatic carbocycles. The molecule has 0 saturated carbocycles. The van der Waals surface area contributed by atoms with Crippen LogP contribution in [-0.2, 0) is 20.2 Å². The summed E-state index contributed by atoms with van der Waals surface area (Å²) < 4.78 is 8.44. The summed E-state index contributed by atoms with van der Waals surface area (Å²) in [5, 5.41) is 7.73. The lowest BCUT2D eigenvalue weighted by atomic mass is 10.2. The molecule has 5 nitrogen and oxygen atoms in total. The van der Waals surface area contributed by atoms with Crippen molar-refractivity contribution < 1.29 is 4.74 Å². The highest BCUT2D eigenvalue weighted by atomic mass is 79.9. The smallest absolute Gasteiger partial charge is 0.170 e. The minimum atomic E-state index is 0.391. The fourth-order valence-corrected chi connectivity index (χ4v) is 1.79. The first-order valence-electron chi connectivity index (χ1n) is 5.15. The van der Waals surface area contributed by atoms with E-state index in [1.807, 2.05) is 29.8 Å². The molecule has 2 aromatic rings. The Kier molecular flexibility index (Phi) is 3.75. The molecule has 2 N–H and O–H groups in total. The molecular formula is C11H13BrN4O. The van der Waals surface area contributed by atoms with Gasteiger partial charge in [0.05, 0.1) is 0 Å². The lowest BCUT2D eigenvalue weighted by Gasteiger charge is -2.08. The van der Waals surface area contributed by atoms with Gasteiger partial charge in [0.15, 0.2) is 5.82 Å². The summed E-state index contributed by atoms with van der Waals surface area (Å²) in [6, 6.07) is 5.73. The third kappa shape index (κ3) is 2.83. The van der Waals surface area contributed by atoms with Crippen molar-refractivity contribution in [3.8, 4) is 5.75 Å².